The van der Waals surface area contributed by atoms with Crippen LogP contribution in [0.1, 0.15) is 53.6 Å². The first-order chi connectivity index (χ1) is 29.0. The number of benzene rings is 7. The van der Waals surface area contributed by atoms with Gasteiger partial charge in [-0.15, -0.1) is 0 Å². The van der Waals surface area contributed by atoms with Gasteiger partial charge in [0.15, 0.2) is 0 Å². The number of dihydropyridines is 1. The predicted octanol–water partition coefficient (Wildman–Crippen LogP) is 13.7. The fourth-order valence-electron chi connectivity index (χ4n) is 10.7. The molecule has 8 aromatic rings. The van der Waals surface area contributed by atoms with Gasteiger partial charge in [0.05, 0.1) is 23.1 Å². The number of hydrogen-bond acceptors (Lipinski definition) is 2. The Morgan fingerprint density at radius 3 is 2.20 bits per heavy atom. The quantitative estimate of drug-likeness (QED) is 0.189. The van der Waals surface area contributed by atoms with Gasteiger partial charge in [-0.3, -0.25) is 0 Å². The van der Waals surface area contributed by atoms with Crippen molar-refractivity contribution in [2.24, 2.45) is 0 Å². The average Bonchev–Trinajstić information content (AvgIpc) is 3.89. The van der Waals surface area contributed by atoms with Gasteiger partial charge in [0, 0.05) is 44.9 Å². The van der Waals surface area contributed by atoms with Crippen LogP contribution < -0.4 is 10.2 Å². The molecule has 0 radical (unpaired) electrons. The van der Waals surface area contributed by atoms with Crippen molar-refractivity contribution in [1.29, 1.82) is 0 Å². The third kappa shape index (κ3) is 5.14. The number of allylic oxidation sites excluding steroid dienone is 4. The largest absolute Gasteiger partial charge is 0.374 e. The maximum Gasteiger partial charge on any atom is 0.0704 e. The molecular formula is C56H43N3. The summed E-state index contributed by atoms with van der Waals surface area (Å²) in [6, 6.07) is 58.6. The van der Waals surface area contributed by atoms with Crippen LogP contribution in [-0.2, 0) is 5.41 Å². The second-order valence-electron chi connectivity index (χ2n) is 16.9. The van der Waals surface area contributed by atoms with Crippen LogP contribution in [0.15, 0.2) is 200 Å². The molecule has 12 rings (SSSR count). The lowest BCUT2D eigenvalue weighted by Gasteiger charge is -2.31. The van der Waals surface area contributed by atoms with Crippen molar-refractivity contribution < 1.29 is 0 Å². The predicted molar refractivity (Wildman–Crippen MR) is 247 cm³/mol. The summed E-state index contributed by atoms with van der Waals surface area (Å²) in [4.78, 5) is 2.55. The number of rotatable bonds is 5. The van der Waals surface area contributed by atoms with Gasteiger partial charge in [-0.1, -0.05) is 153 Å². The lowest BCUT2D eigenvalue weighted by atomic mass is 9.78. The van der Waals surface area contributed by atoms with Crippen LogP contribution in [0, 0.1) is 0 Å². The van der Waals surface area contributed by atoms with Gasteiger partial charge in [0.2, 0.25) is 0 Å². The standard InChI is InChI=1S/C56H43N3/c1-56(2)48-24-9-6-19-41(48)44-22-13-23-45(55(44)56)50-26-14-25-49(57-50)38-15-12-18-40(33-38)59-52-28-11-8-21-43(52)47-35-37(30-32-54(47)59)36-29-31-53-46(34-36)42-20-7-10-27-51(42)58(53)39-16-4-3-5-17-39/h3-35,43,50,52,57H,1-2H3. The zero-order valence-electron chi connectivity index (χ0n) is 33.2. The topological polar surface area (TPSA) is 20.2 Å². The lowest BCUT2D eigenvalue weighted by molar-refractivity contribution is 0.635. The van der Waals surface area contributed by atoms with Gasteiger partial charge < -0.3 is 14.8 Å². The van der Waals surface area contributed by atoms with Crippen LogP contribution in [0.5, 0.6) is 0 Å². The Bertz CT molecular complexity index is 3140. The summed E-state index contributed by atoms with van der Waals surface area (Å²) >= 11 is 0. The Labute approximate surface area is 345 Å². The first-order valence-corrected chi connectivity index (χ1v) is 20.9. The van der Waals surface area contributed by atoms with E-state index >= 15 is 0 Å². The Hall–Kier alpha value is -7.10. The molecule has 0 saturated heterocycles. The third-order valence-corrected chi connectivity index (χ3v) is 13.3. The number of aromatic nitrogens is 1. The van der Waals surface area contributed by atoms with E-state index < -0.39 is 0 Å². The van der Waals surface area contributed by atoms with E-state index in [4.69, 9.17) is 0 Å². The summed E-state index contributed by atoms with van der Waals surface area (Å²) in [5.41, 5.74) is 19.1. The number of anilines is 2. The van der Waals surface area contributed by atoms with E-state index in [-0.39, 0.29) is 23.4 Å². The summed E-state index contributed by atoms with van der Waals surface area (Å²) in [5.74, 6) is 0.259. The third-order valence-electron chi connectivity index (χ3n) is 13.3. The van der Waals surface area contributed by atoms with Gasteiger partial charge in [0.1, 0.15) is 0 Å². The highest BCUT2D eigenvalue weighted by atomic mass is 15.2. The van der Waals surface area contributed by atoms with Crippen molar-refractivity contribution in [3.05, 3.63) is 228 Å². The molecule has 3 heteroatoms. The molecule has 0 amide bonds. The van der Waals surface area contributed by atoms with Gasteiger partial charge in [-0.05, 0) is 111 Å². The van der Waals surface area contributed by atoms with Gasteiger partial charge in [-0.25, -0.2) is 0 Å². The molecule has 3 nitrogen and oxygen atoms in total. The molecule has 3 unspecified atom stereocenters. The Balaban J connectivity index is 0.888. The molecule has 0 spiro atoms. The van der Waals surface area contributed by atoms with E-state index in [0.29, 0.717) is 0 Å². The molecule has 2 aliphatic carbocycles. The number of fused-ring (bicyclic) bond motifs is 9. The zero-order chi connectivity index (χ0) is 39.2. The van der Waals surface area contributed by atoms with Gasteiger partial charge in [0.25, 0.3) is 0 Å². The van der Waals surface area contributed by atoms with E-state index in [1.165, 1.54) is 88.9 Å². The normalized spacial score (nSPS) is 19.3. The van der Waals surface area contributed by atoms with Gasteiger partial charge in [-0.2, -0.15) is 0 Å². The number of nitrogens with zero attached hydrogens (tertiary/aromatic N) is 2. The minimum absolute atomic E-state index is 0.0676. The molecule has 0 fully saturated rings. The Morgan fingerprint density at radius 1 is 0.525 bits per heavy atom. The molecule has 7 aromatic carbocycles. The molecule has 1 N–H and O–H groups in total. The summed E-state index contributed by atoms with van der Waals surface area (Å²) in [5, 5.41) is 6.50. The van der Waals surface area contributed by atoms with E-state index in [9.17, 15) is 0 Å². The summed E-state index contributed by atoms with van der Waals surface area (Å²) in [6.07, 6.45) is 15.9. The van der Waals surface area contributed by atoms with Crippen LogP contribution in [0.25, 0.3) is 55.4 Å². The molecule has 3 heterocycles. The Kier molecular flexibility index (Phi) is 7.46. The van der Waals surface area contributed by atoms with Crippen molar-refractivity contribution in [3.63, 3.8) is 0 Å². The number of hydrogen-bond donors (Lipinski definition) is 1. The maximum absolute atomic E-state index is 3.96. The van der Waals surface area contributed by atoms with Crippen molar-refractivity contribution in [1.82, 2.24) is 9.88 Å². The lowest BCUT2D eigenvalue weighted by Crippen LogP contribution is -2.28. The van der Waals surface area contributed by atoms with Crippen LogP contribution in [0.2, 0.25) is 0 Å². The minimum atomic E-state index is -0.0731. The van der Waals surface area contributed by atoms with E-state index in [1.807, 2.05) is 0 Å². The molecule has 4 aliphatic rings. The Morgan fingerprint density at radius 2 is 1.27 bits per heavy atom. The second kappa shape index (κ2) is 13.0. The summed E-state index contributed by atoms with van der Waals surface area (Å²) in [6.45, 7) is 4.74. The van der Waals surface area contributed by atoms with Crippen molar-refractivity contribution in [2.75, 3.05) is 4.90 Å². The highest BCUT2D eigenvalue weighted by molar-refractivity contribution is 6.10. The monoisotopic (exact) mass is 757 g/mol. The maximum atomic E-state index is 3.96. The number of para-hydroxylation sites is 2. The van der Waals surface area contributed by atoms with Crippen LogP contribution in [-0.4, -0.2) is 10.6 Å². The fourth-order valence-corrected chi connectivity index (χ4v) is 10.7. The van der Waals surface area contributed by atoms with Gasteiger partial charge >= 0.3 is 0 Å². The highest BCUT2D eigenvalue weighted by Gasteiger charge is 2.39. The molecular weight excluding hydrogens is 715 g/mol. The molecule has 0 bridgehead atoms. The van der Waals surface area contributed by atoms with E-state index in [2.05, 4.69) is 229 Å². The summed E-state index contributed by atoms with van der Waals surface area (Å²) in [7, 11) is 0. The molecule has 3 atom stereocenters. The molecule has 59 heavy (non-hydrogen) atoms. The highest BCUT2D eigenvalue weighted by Crippen LogP contribution is 2.52. The smallest absolute Gasteiger partial charge is 0.0704 e. The van der Waals surface area contributed by atoms with Crippen LogP contribution in [0.4, 0.5) is 11.4 Å². The van der Waals surface area contributed by atoms with E-state index in [0.717, 1.165) is 5.70 Å². The van der Waals surface area contributed by atoms with E-state index in [1.54, 1.807) is 0 Å². The average molecular weight is 758 g/mol. The van der Waals surface area contributed by atoms with Crippen molar-refractivity contribution in [2.45, 2.75) is 37.3 Å². The number of nitrogens with one attached hydrogen (secondary N) is 1. The van der Waals surface area contributed by atoms with Crippen molar-refractivity contribution in [3.8, 4) is 27.9 Å². The first kappa shape index (κ1) is 34.0. The molecule has 0 saturated carbocycles. The van der Waals surface area contributed by atoms with Crippen LogP contribution >= 0.6 is 0 Å². The fraction of sp³-hybridized carbons (Fsp3) is 0.107. The zero-order valence-corrected chi connectivity index (χ0v) is 33.2. The summed E-state index contributed by atoms with van der Waals surface area (Å²) < 4.78 is 2.38. The van der Waals surface area contributed by atoms with Crippen LogP contribution in [0.3, 0.4) is 0 Å². The second-order valence-corrected chi connectivity index (χ2v) is 16.9. The van der Waals surface area contributed by atoms with Crippen molar-refractivity contribution >= 4 is 38.9 Å². The molecule has 1 aromatic heterocycles. The molecule has 2 aliphatic heterocycles. The molecule has 282 valence electrons. The first-order valence-electron chi connectivity index (χ1n) is 20.9. The SMILES string of the molecule is CC1(C)c2ccccc2-c2cccc(C3C=CC=C(c4cccc(N5c6ccc(-c7ccc8c(c7)c7ccccc7n8-c7ccccc7)cc6C6C=CC=CC65)c4)N3)c21. The minimum Gasteiger partial charge on any atom is -0.374 e.